The summed E-state index contributed by atoms with van der Waals surface area (Å²) in [5, 5.41) is 2.51. The lowest BCUT2D eigenvalue weighted by Crippen LogP contribution is -2.24. The summed E-state index contributed by atoms with van der Waals surface area (Å²) < 4.78 is 26.8. The number of halogens is 1. The number of nitrogens with zero attached hydrogens (tertiary/aromatic N) is 2. The zero-order valence-corrected chi connectivity index (χ0v) is 22.4. The van der Waals surface area contributed by atoms with Crippen molar-refractivity contribution in [3.8, 4) is 17.0 Å². The number of rotatable bonds is 9. The van der Waals surface area contributed by atoms with E-state index in [4.69, 9.17) is 9.47 Å². The van der Waals surface area contributed by atoms with E-state index in [9.17, 15) is 14.0 Å². The molecule has 0 fully saturated rings. The predicted molar refractivity (Wildman–Crippen MR) is 141 cm³/mol. The number of methoxy groups -OCH3 is 1. The van der Waals surface area contributed by atoms with E-state index >= 15 is 0 Å². The van der Waals surface area contributed by atoms with E-state index in [1.165, 1.54) is 22.9 Å². The third-order valence-corrected chi connectivity index (χ3v) is 5.84. The van der Waals surface area contributed by atoms with Gasteiger partial charge in [0, 0.05) is 44.4 Å². The standard InChI is InChI=1S/C22H22FN3O3S.C5H12O/c1-24-22(28)14-29-17-6-5-7-18(11-17)30-26-13-16(12-25(2)15-27)10-21(26)19-8-3-4-9-20(19)23;1-5(2,3)6-4/h3-11,13,15H,12,14H2,1-2H3,(H,24,28);1-4H3. The van der Waals surface area contributed by atoms with Gasteiger partial charge in [0.25, 0.3) is 5.91 Å². The van der Waals surface area contributed by atoms with Gasteiger partial charge >= 0.3 is 0 Å². The Bertz CT molecular complexity index is 1140. The molecule has 3 aromatic rings. The van der Waals surface area contributed by atoms with Crippen LogP contribution < -0.4 is 10.1 Å². The molecule has 0 aliphatic rings. The summed E-state index contributed by atoms with van der Waals surface area (Å²) in [5.74, 6) is 0.0174. The van der Waals surface area contributed by atoms with Crippen LogP contribution in [0.5, 0.6) is 5.75 Å². The molecule has 7 nitrogen and oxygen atoms in total. The largest absolute Gasteiger partial charge is 0.484 e. The number of nitrogens with one attached hydrogen (secondary N) is 1. The van der Waals surface area contributed by atoms with Gasteiger partial charge in [0.05, 0.1) is 11.3 Å². The minimum absolute atomic E-state index is 0.0417. The van der Waals surface area contributed by atoms with Crippen molar-refractivity contribution in [3.05, 3.63) is 72.2 Å². The summed E-state index contributed by atoms with van der Waals surface area (Å²) in [5.41, 5.74) is 2.07. The molecule has 2 amide bonds. The molecule has 36 heavy (non-hydrogen) atoms. The summed E-state index contributed by atoms with van der Waals surface area (Å²) in [4.78, 5) is 24.8. The van der Waals surface area contributed by atoms with Crippen LogP contribution in [0.2, 0.25) is 0 Å². The summed E-state index contributed by atoms with van der Waals surface area (Å²) in [6.07, 6.45) is 2.63. The van der Waals surface area contributed by atoms with Crippen LogP contribution in [0.3, 0.4) is 0 Å². The van der Waals surface area contributed by atoms with Crippen LogP contribution in [-0.2, 0) is 20.9 Å². The second-order valence-electron chi connectivity index (χ2n) is 8.90. The summed E-state index contributed by atoms with van der Waals surface area (Å²) in [6, 6.07) is 15.8. The molecule has 0 saturated carbocycles. The first-order chi connectivity index (χ1) is 17.1. The lowest BCUT2D eigenvalue weighted by Gasteiger charge is -2.14. The van der Waals surface area contributed by atoms with Crippen molar-refractivity contribution >= 4 is 24.3 Å². The van der Waals surface area contributed by atoms with Crippen LogP contribution in [0.1, 0.15) is 26.3 Å². The molecular weight excluding hydrogens is 481 g/mol. The minimum atomic E-state index is -0.324. The Kier molecular flexibility index (Phi) is 11.0. The number of hydrogen-bond donors (Lipinski definition) is 1. The molecule has 1 N–H and O–H groups in total. The van der Waals surface area contributed by atoms with E-state index in [2.05, 4.69) is 5.32 Å². The van der Waals surface area contributed by atoms with Crippen LogP contribution in [0.25, 0.3) is 11.3 Å². The number of aromatic nitrogens is 1. The highest BCUT2D eigenvalue weighted by atomic mass is 32.2. The minimum Gasteiger partial charge on any atom is -0.484 e. The first kappa shape index (κ1) is 28.9. The molecule has 2 aromatic carbocycles. The van der Waals surface area contributed by atoms with Gasteiger partial charge in [0.15, 0.2) is 6.61 Å². The first-order valence-corrected chi connectivity index (χ1v) is 12.1. The quantitative estimate of drug-likeness (QED) is 0.407. The molecule has 0 aliphatic carbocycles. The SMILES string of the molecule is CNC(=O)COc1cccc(Sn2cc(CN(C)C=O)cc2-c2ccccc2F)c1.COC(C)(C)C. The van der Waals surface area contributed by atoms with Crippen LogP contribution in [0, 0.1) is 5.82 Å². The number of carbonyl (C=O) groups is 2. The molecule has 0 aliphatic heterocycles. The molecule has 1 aromatic heterocycles. The fourth-order valence-corrected chi connectivity index (χ4v) is 3.78. The fourth-order valence-electron chi connectivity index (χ4n) is 2.80. The summed E-state index contributed by atoms with van der Waals surface area (Å²) in [6.45, 7) is 6.40. The maximum absolute atomic E-state index is 14.5. The van der Waals surface area contributed by atoms with Crippen molar-refractivity contribution < 1.29 is 23.5 Å². The van der Waals surface area contributed by atoms with Crippen LogP contribution in [-0.4, -0.2) is 54.6 Å². The van der Waals surface area contributed by atoms with Gasteiger partial charge in [0.1, 0.15) is 11.6 Å². The molecule has 9 heteroatoms. The highest BCUT2D eigenvalue weighted by molar-refractivity contribution is 7.98. The van der Waals surface area contributed by atoms with E-state index < -0.39 is 0 Å². The van der Waals surface area contributed by atoms with Crippen molar-refractivity contribution in [2.24, 2.45) is 0 Å². The Labute approximate surface area is 216 Å². The van der Waals surface area contributed by atoms with Crippen LogP contribution in [0.15, 0.2) is 65.7 Å². The van der Waals surface area contributed by atoms with Crippen LogP contribution >= 0.6 is 11.9 Å². The van der Waals surface area contributed by atoms with Gasteiger partial charge in [0.2, 0.25) is 6.41 Å². The van der Waals surface area contributed by atoms with Crippen LogP contribution in [0.4, 0.5) is 4.39 Å². The Hall–Kier alpha value is -3.30. The van der Waals surface area contributed by atoms with Crippen molar-refractivity contribution in [3.63, 3.8) is 0 Å². The predicted octanol–water partition coefficient (Wildman–Crippen LogP) is 4.99. The maximum atomic E-state index is 14.5. The average molecular weight is 516 g/mol. The van der Waals surface area contributed by atoms with Gasteiger partial charge in [-0.2, -0.15) is 0 Å². The molecule has 0 bridgehead atoms. The topological polar surface area (TPSA) is 72.8 Å². The molecule has 0 spiro atoms. The second kappa shape index (κ2) is 13.7. The number of carbonyl (C=O) groups excluding carboxylic acids is 2. The second-order valence-corrected chi connectivity index (χ2v) is 9.95. The number of benzene rings is 2. The monoisotopic (exact) mass is 515 g/mol. The molecule has 0 radical (unpaired) electrons. The fraction of sp³-hybridized carbons (Fsp3) is 0.333. The van der Waals surface area contributed by atoms with Gasteiger partial charge in [-0.1, -0.05) is 18.2 Å². The first-order valence-electron chi connectivity index (χ1n) is 11.3. The molecular formula is C27H34FN3O4S. The van der Waals surface area contributed by atoms with Gasteiger partial charge in [-0.25, -0.2) is 4.39 Å². The zero-order valence-electron chi connectivity index (χ0n) is 21.6. The van der Waals surface area contributed by atoms with E-state index in [0.29, 0.717) is 23.6 Å². The van der Waals surface area contributed by atoms with Gasteiger partial charge in [-0.05, 0) is 74.7 Å². The number of amides is 2. The molecule has 0 saturated heterocycles. The third-order valence-electron chi connectivity index (χ3n) is 4.87. The third kappa shape index (κ3) is 9.39. The van der Waals surface area contributed by atoms with Gasteiger partial charge < -0.3 is 19.7 Å². The van der Waals surface area contributed by atoms with Crippen molar-refractivity contribution in [1.82, 2.24) is 14.2 Å². The summed E-state index contributed by atoms with van der Waals surface area (Å²) in [7, 11) is 4.95. The van der Waals surface area contributed by atoms with Gasteiger partial charge in [-0.15, -0.1) is 0 Å². The van der Waals surface area contributed by atoms with E-state index in [1.807, 2.05) is 55.2 Å². The van der Waals surface area contributed by atoms with E-state index in [1.54, 1.807) is 45.5 Å². The molecule has 3 rings (SSSR count). The number of hydrogen-bond acceptors (Lipinski definition) is 5. The van der Waals surface area contributed by atoms with E-state index in [0.717, 1.165) is 16.9 Å². The molecule has 194 valence electrons. The molecule has 1 heterocycles. The molecule has 0 unspecified atom stereocenters. The van der Waals surface area contributed by atoms with Crippen molar-refractivity contribution in [1.29, 1.82) is 0 Å². The smallest absolute Gasteiger partial charge is 0.257 e. The summed E-state index contributed by atoms with van der Waals surface area (Å²) >= 11 is 1.39. The number of likely N-dealkylation sites (N-methyl/N-ethyl adjacent to an activating group) is 1. The Morgan fingerprint density at radius 2 is 1.86 bits per heavy atom. The Balaban J connectivity index is 0.000000678. The normalized spacial score (nSPS) is 10.8. The van der Waals surface area contributed by atoms with Gasteiger partial charge in [-0.3, -0.25) is 13.6 Å². The van der Waals surface area contributed by atoms with Crippen molar-refractivity contribution in [2.45, 2.75) is 37.8 Å². The maximum Gasteiger partial charge on any atom is 0.257 e. The zero-order chi connectivity index (χ0) is 26.7. The Morgan fingerprint density at radius 3 is 2.47 bits per heavy atom. The van der Waals surface area contributed by atoms with E-state index in [-0.39, 0.29) is 23.9 Å². The molecule has 0 atom stereocenters. The Morgan fingerprint density at radius 1 is 1.17 bits per heavy atom. The average Bonchev–Trinajstić information content (AvgIpc) is 3.24. The lowest BCUT2D eigenvalue weighted by molar-refractivity contribution is -0.122. The lowest BCUT2D eigenvalue weighted by atomic mass is 10.1. The number of ether oxygens (including phenoxy) is 2. The highest BCUT2D eigenvalue weighted by Crippen LogP contribution is 2.33. The van der Waals surface area contributed by atoms with Crippen molar-refractivity contribution in [2.75, 3.05) is 27.8 Å². The highest BCUT2D eigenvalue weighted by Gasteiger charge is 2.14.